The molecule has 0 fully saturated rings. The molecule has 2 heteroatoms. The van der Waals surface area contributed by atoms with Gasteiger partial charge >= 0.3 is 0 Å². The van der Waals surface area contributed by atoms with Crippen molar-refractivity contribution in [2.45, 2.75) is 25.2 Å². The molecule has 1 unspecified atom stereocenters. The van der Waals surface area contributed by atoms with Gasteiger partial charge in [0.1, 0.15) is 11.2 Å². The molecule has 0 spiro atoms. The molecule has 1 nitrogen and oxygen atoms in total. The van der Waals surface area contributed by atoms with E-state index in [-0.39, 0.29) is 0 Å². The molecule has 116 valence electrons. The monoisotopic (exact) mass is 320 g/mol. The molecule has 0 saturated heterocycles. The van der Waals surface area contributed by atoms with Gasteiger partial charge < -0.3 is 4.74 Å². The molecular weight excluding hydrogens is 300 g/mol. The minimum atomic E-state index is 0.290. The standard InChI is InChI=1S/C21H20OS/c1-2-23-20-13-12-16-14-19(15-8-4-3-5-9-15)17-10-6-7-11-18(17)21(16)22-20/h3-11,14,20H,2,12-13H2,1H3. The van der Waals surface area contributed by atoms with Crippen molar-refractivity contribution in [3.8, 4) is 16.9 Å². The fourth-order valence-corrected chi connectivity index (χ4v) is 4.18. The molecule has 0 N–H and O–H groups in total. The van der Waals surface area contributed by atoms with Crippen molar-refractivity contribution >= 4 is 22.5 Å². The van der Waals surface area contributed by atoms with E-state index in [0.29, 0.717) is 5.44 Å². The van der Waals surface area contributed by atoms with Crippen LogP contribution >= 0.6 is 11.8 Å². The minimum Gasteiger partial charge on any atom is -0.479 e. The first-order valence-electron chi connectivity index (χ1n) is 8.25. The second kappa shape index (κ2) is 6.29. The van der Waals surface area contributed by atoms with Crippen LogP contribution in [0.2, 0.25) is 0 Å². The van der Waals surface area contributed by atoms with Crippen LogP contribution in [0, 0.1) is 0 Å². The third-order valence-corrected chi connectivity index (χ3v) is 5.45. The van der Waals surface area contributed by atoms with E-state index in [2.05, 4.69) is 67.6 Å². The molecule has 0 aliphatic carbocycles. The van der Waals surface area contributed by atoms with Crippen LogP contribution in [-0.4, -0.2) is 11.2 Å². The Morgan fingerprint density at radius 2 is 1.74 bits per heavy atom. The summed E-state index contributed by atoms with van der Waals surface area (Å²) >= 11 is 1.90. The molecule has 0 radical (unpaired) electrons. The summed E-state index contributed by atoms with van der Waals surface area (Å²) in [5.74, 6) is 2.19. The highest BCUT2D eigenvalue weighted by molar-refractivity contribution is 7.99. The maximum atomic E-state index is 6.34. The Kier molecular flexibility index (Phi) is 4.00. The zero-order valence-corrected chi connectivity index (χ0v) is 14.1. The van der Waals surface area contributed by atoms with E-state index in [1.165, 1.54) is 27.5 Å². The zero-order valence-electron chi connectivity index (χ0n) is 13.3. The summed E-state index contributed by atoms with van der Waals surface area (Å²) in [6.45, 7) is 2.19. The SMILES string of the molecule is CCSC1CCc2cc(-c3ccccc3)c3ccccc3c2O1. The van der Waals surface area contributed by atoms with E-state index in [9.17, 15) is 0 Å². The van der Waals surface area contributed by atoms with E-state index in [0.717, 1.165) is 24.3 Å². The number of hydrogen-bond acceptors (Lipinski definition) is 2. The van der Waals surface area contributed by atoms with Crippen molar-refractivity contribution in [2.24, 2.45) is 0 Å². The van der Waals surface area contributed by atoms with Gasteiger partial charge in [0.2, 0.25) is 0 Å². The van der Waals surface area contributed by atoms with E-state index < -0.39 is 0 Å². The lowest BCUT2D eigenvalue weighted by atomic mass is 9.92. The summed E-state index contributed by atoms with van der Waals surface area (Å²) in [4.78, 5) is 0. The second-order valence-corrected chi connectivity index (χ2v) is 7.30. The van der Waals surface area contributed by atoms with Crippen molar-refractivity contribution < 1.29 is 4.74 Å². The van der Waals surface area contributed by atoms with E-state index in [1.807, 2.05) is 11.8 Å². The number of ether oxygens (including phenoxy) is 1. The molecule has 0 bridgehead atoms. The van der Waals surface area contributed by atoms with Crippen LogP contribution < -0.4 is 4.74 Å². The maximum Gasteiger partial charge on any atom is 0.144 e. The van der Waals surface area contributed by atoms with Crippen LogP contribution in [-0.2, 0) is 6.42 Å². The highest BCUT2D eigenvalue weighted by Crippen LogP contribution is 2.42. The lowest BCUT2D eigenvalue weighted by molar-refractivity contribution is 0.259. The van der Waals surface area contributed by atoms with E-state index in [1.54, 1.807) is 0 Å². The lowest BCUT2D eigenvalue weighted by Crippen LogP contribution is -2.19. The van der Waals surface area contributed by atoms with Crippen LogP contribution in [0.1, 0.15) is 18.9 Å². The Morgan fingerprint density at radius 1 is 1.00 bits per heavy atom. The molecule has 0 saturated carbocycles. The fourth-order valence-electron chi connectivity index (χ4n) is 3.35. The van der Waals surface area contributed by atoms with Gasteiger partial charge in [-0.05, 0) is 46.7 Å². The molecular formula is C21H20OS. The van der Waals surface area contributed by atoms with Crippen molar-refractivity contribution in [1.29, 1.82) is 0 Å². The number of rotatable bonds is 3. The number of fused-ring (bicyclic) bond motifs is 3. The number of thioether (sulfide) groups is 1. The Morgan fingerprint density at radius 3 is 2.52 bits per heavy atom. The number of aryl methyl sites for hydroxylation is 1. The van der Waals surface area contributed by atoms with Crippen molar-refractivity contribution in [1.82, 2.24) is 0 Å². The van der Waals surface area contributed by atoms with E-state index in [4.69, 9.17) is 4.74 Å². The van der Waals surface area contributed by atoms with Crippen LogP contribution in [0.5, 0.6) is 5.75 Å². The summed E-state index contributed by atoms with van der Waals surface area (Å²) in [7, 11) is 0. The highest BCUT2D eigenvalue weighted by Gasteiger charge is 2.23. The van der Waals surface area contributed by atoms with Gasteiger partial charge in [-0.3, -0.25) is 0 Å². The van der Waals surface area contributed by atoms with Gasteiger partial charge in [-0.1, -0.05) is 61.5 Å². The highest BCUT2D eigenvalue weighted by atomic mass is 32.2. The molecule has 0 aromatic heterocycles. The Hall–Kier alpha value is -1.93. The quantitative estimate of drug-likeness (QED) is 0.593. The smallest absolute Gasteiger partial charge is 0.144 e. The molecule has 3 aromatic rings. The van der Waals surface area contributed by atoms with Crippen molar-refractivity contribution in [2.75, 3.05) is 5.75 Å². The lowest BCUT2D eigenvalue weighted by Gasteiger charge is -2.27. The summed E-state index contributed by atoms with van der Waals surface area (Å²) < 4.78 is 6.34. The van der Waals surface area contributed by atoms with Gasteiger partial charge in [-0.25, -0.2) is 0 Å². The van der Waals surface area contributed by atoms with Crippen LogP contribution in [0.25, 0.3) is 21.9 Å². The number of hydrogen-bond donors (Lipinski definition) is 0. The molecule has 3 aromatic carbocycles. The third-order valence-electron chi connectivity index (χ3n) is 4.41. The predicted octanol–water partition coefficient (Wildman–Crippen LogP) is 5.91. The molecule has 0 amide bonds. The summed E-state index contributed by atoms with van der Waals surface area (Å²) in [5, 5.41) is 2.52. The summed E-state index contributed by atoms with van der Waals surface area (Å²) in [5.41, 5.74) is 4.22. The first-order chi connectivity index (χ1) is 11.4. The van der Waals surface area contributed by atoms with Gasteiger partial charge in [0, 0.05) is 5.39 Å². The van der Waals surface area contributed by atoms with E-state index >= 15 is 0 Å². The van der Waals surface area contributed by atoms with Gasteiger partial charge in [-0.2, -0.15) is 0 Å². The third kappa shape index (κ3) is 2.72. The molecule has 23 heavy (non-hydrogen) atoms. The van der Waals surface area contributed by atoms with Crippen molar-refractivity contribution in [3.05, 3.63) is 66.2 Å². The summed E-state index contributed by atoms with van der Waals surface area (Å²) in [6.07, 6.45) is 2.19. The first-order valence-corrected chi connectivity index (χ1v) is 9.30. The second-order valence-electron chi connectivity index (χ2n) is 5.87. The van der Waals surface area contributed by atoms with Gasteiger partial charge in [0.05, 0.1) is 0 Å². The van der Waals surface area contributed by atoms with Crippen molar-refractivity contribution in [3.63, 3.8) is 0 Å². The van der Waals surface area contributed by atoms with Gasteiger partial charge in [0.25, 0.3) is 0 Å². The molecule has 1 aliphatic heterocycles. The average Bonchev–Trinajstić information content (AvgIpc) is 2.62. The Balaban J connectivity index is 1.90. The zero-order chi connectivity index (χ0) is 15.6. The first kappa shape index (κ1) is 14.6. The Bertz CT molecular complexity index is 826. The predicted molar refractivity (Wildman–Crippen MR) is 100 cm³/mol. The van der Waals surface area contributed by atoms with Crippen LogP contribution in [0.15, 0.2) is 60.7 Å². The number of benzene rings is 3. The molecule has 4 rings (SSSR count). The topological polar surface area (TPSA) is 9.23 Å². The van der Waals surface area contributed by atoms with Gasteiger partial charge in [0.15, 0.2) is 0 Å². The Labute approximate surface area is 141 Å². The molecule has 1 heterocycles. The van der Waals surface area contributed by atoms with Crippen LogP contribution in [0.4, 0.5) is 0 Å². The molecule has 1 aliphatic rings. The fraction of sp³-hybridized carbons (Fsp3) is 0.238. The maximum absolute atomic E-state index is 6.34. The van der Waals surface area contributed by atoms with Gasteiger partial charge in [-0.15, -0.1) is 11.8 Å². The van der Waals surface area contributed by atoms with Crippen LogP contribution in [0.3, 0.4) is 0 Å². The normalized spacial score (nSPS) is 16.8. The average molecular weight is 320 g/mol. The largest absolute Gasteiger partial charge is 0.479 e. The molecule has 1 atom stereocenters. The minimum absolute atomic E-state index is 0.290. The summed E-state index contributed by atoms with van der Waals surface area (Å²) in [6, 6.07) is 21.6.